The van der Waals surface area contributed by atoms with Gasteiger partial charge in [0, 0.05) is 7.11 Å². The van der Waals surface area contributed by atoms with E-state index >= 15 is 0 Å². The summed E-state index contributed by atoms with van der Waals surface area (Å²) >= 11 is 0. The van der Waals surface area contributed by atoms with E-state index in [0.29, 0.717) is 0 Å². The van der Waals surface area contributed by atoms with Crippen LogP contribution >= 0.6 is 0 Å². The lowest BCUT2D eigenvalue weighted by Gasteiger charge is -2.24. The summed E-state index contributed by atoms with van der Waals surface area (Å²) < 4.78 is 10.7. The summed E-state index contributed by atoms with van der Waals surface area (Å²) in [5.74, 6) is -0.735. The van der Waals surface area contributed by atoms with E-state index in [2.05, 4.69) is 10.3 Å². The number of aromatic nitrogens is 1. The Kier molecular flexibility index (Phi) is 6.30. The summed E-state index contributed by atoms with van der Waals surface area (Å²) in [6, 6.07) is 9.84. The normalized spacial score (nSPS) is 12.9. The maximum atomic E-state index is 12.4. The van der Waals surface area contributed by atoms with Crippen molar-refractivity contribution < 1.29 is 24.2 Å². The van der Waals surface area contributed by atoms with E-state index in [-0.39, 0.29) is 29.1 Å². The number of hydrogen-bond donors (Lipinski definition) is 2. The molecule has 0 saturated carbocycles. The van der Waals surface area contributed by atoms with Crippen LogP contribution in [-0.4, -0.2) is 42.2 Å². The van der Waals surface area contributed by atoms with Crippen molar-refractivity contribution in [1.82, 2.24) is 10.3 Å². The minimum Gasteiger partial charge on any atom is -0.497 e. The molecule has 26 heavy (non-hydrogen) atoms. The van der Waals surface area contributed by atoms with Gasteiger partial charge in [-0.1, -0.05) is 12.1 Å². The molecule has 7 nitrogen and oxygen atoms in total. The second-order valence-electron chi connectivity index (χ2n) is 5.83. The average molecular weight is 358 g/mol. The minimum atomic E-state index is -1.07. The van der Waals surface area contributed by atoms with Crippen molar-refractivity contribution in [1.29, 1.82) is 0 Å². The molecule has 0 aliphatic heterocycles. The summed E-state index contributed by atoms with van der Waals surface area (Å²) in [6.45, 7) is 3.38. The number of rotatable bonds is 7. The predicted molar refractivity (Wildman–Crippen MR) is 95.6 cm³/mol. The van der Waals surface area contributed by atoms with E-state index < -0.39 is 11.9 Å². The van der Waals surface area contributed by atoms with Gasteiger partial charge in [0.25, 0.3) is 5.91 Å². The molecule has 2 N–H and O–H groups in total. The highest BCUT2D eigenvalue weighted by molar-refractivity contribution is 5.94. The molecule has 7 heteroatoms. The first-order valence-corrected chi connectivity index (χ1v) is 8.06. The molecule has 0 spiro atoms. The number of nitrogens with one attached hydrogen (secondary N) is 1. The number of carbonyl (C=O) groups is 2. The number of carboxylic acids is 1. The predicted octanol–water partition coefficient (Wildman–Crippen LogP) is 2.60. The Morgan fingerprint density at radius 1 is 1.12 bits per heavy atom. The third-order valence-electron chi connectivity index (χ3n) is 4.06. The van der Waals surface area contributed by atoms with Crippen LogP contribution in [0.15, 0.2) is 36.4 Å². The van der Waals surface area contributed by atoms with Gasteiger partial charge in [-0.15, -0.1) is 0 Å². The van der Waals surface area contributed by atoms with Gasteiger partial charge < -0.3 is 19.9 Å². The molecule has 1 heterocycles. The molecule has 138 valence electrons. The number of pyridine rings is 1. The standard InChI is InChI=1S/C19H22N2O5/c1-11-15(19(23)24)9-10-16(20-11)18(22)21-12(2)17(26-4)13-5-7-14(25-3)8-6-13/h5-10,12,17H,1-4H3,(H,21,22)(H,23,24). The first-order valence-electron chi connectivity index (χ1n) is 8.06. The molecule has 2 rings (SSSR count). The largest absolute Gasteiger partial charge is 0.497 e. The van der Waals surface area contributed by atoms with E-state index in [1.165, 1.54) is 12.1 Å². The van der Waals surface area contributed by atoms with Crippen LogP contribution in [-0.2, 0) is 4.74 Å². The smallest absolute Gasteiger partial charge is 0.337 e. The molecule has 0 saturated heterocycles. The van der Waals surface area contributed by atoms with Crippen LogP contribution in [0.2, 0.25) is 0 Å². The van der Waals surface area contributed by atoms with Gasteiger partial charge in [-0.25, -0.2) is 9.78 Å². The summed E-state index contributed by atoms with van der Waals surface area (Å²) in [6.07, 6.45) is -0.357. The van der Waals surface area contributed by atoms with E-state index in [9.17, 15) is 9.59 Å². The zero-order valence-electron chi connectivity index (χ0n) is 15.1. The number of amides is 1. The number of aryl methyl sites for hydroxylation is 1. The molecule has 1 amide bonds. The van der Waals surface area contributed by atoms with Crippen LogP contribution in [0.4, 0.5) is 0 Å². The molecule has 2 unspecified atom stereocenters. The van der Waals surface area contributed by atoms with Gasteiger partial charge in [0.1, 0.15) is 17.5 Å². The van der Waals surface area contributed by atoms with Gasteiger partial charge in [-0.3, -0.25) is 4.79 Å². The zero-order chi connectivity index (χ0) is 19.3. The topological polar surface area (TPSA) is 97.8 Å². The highest BCUT2D eigenvalue weighted by Crippen LogP contribution is 2.23. The van der Waals surface area contributed by atoms with E-state index in [1.807, 2.05) is 31.2 Å². The molecule has 2 atom stereocenters. The molecule has 1 aromatic carbocycles. The fourth-order valence-electron chi connectivity index (χ4n) is 2.69. The van der Waals surface area contributed by atoms with Crippen molar-refractivity contribution in [3.63, 3.8) is 0 Å². The molecule has 0 bridgehead atoms. The number of nitrogens with zero attached hydrogens (tertiary/aromatic N) is 1. The third kappa shape index (κ3) is 4.37. The number of aromatic carboxylic acids is 1. The Hall–Kier alpha value is -2.93. The van der Waals surface area contributed by atoms with Crippen molar-refractivity contribution in [2.24, 2.45) is 0 Å². The molecule has 0 aliphatic rings. The zero-order valence-corrected chi connectivity index (χ0v) is 15.1. The monoisotopic (exact) mass is 358 g/mol. The minimum absolute atomic E-state index is 0.0719. The third-order valence-corrected chi connectivity index (χ3v) is 4.06. The average Bonchev–Trinajstić information content (AvgIpc) is 2.62. The van der Waals surface area contributed by atoms with E-state index in [1.54, 1.807) is 21.1 Å². The van der Waals surface area contributed by atoms with Gasteiger partial charge in [0.15, 0.2) is 0 Å². The molecule has 0 radical (unpaired) electrons. The van der Waals surface area contributed by atoms with E-state index in [4.69, 9.17) is 14.6 Å². The Bertz CT molecular complexity index is 789. The Balaban J connectivity index is 2.13. The van der Waals surface area contributed by atoms with Crippen LogP contribution < -0.4 is 10.1 Å². The first kappa shape index (κ1) is 19.4. The van der Waals surface area contributed by atoms with Crippen molar-refractivity contribution in [2.75, 3.05) is 14.2 Å². The Morgan fingerprint density at radius 3 is 2.27 bits per heavy atom. The molecule has 1 aromatic heterocycles. The second kappa shape index (κ2) is 8.44. The lowest BCUT2D eigenvalue weighted by Crippen LogP contribution is -2.38. The summed E-state index contributed by atoms with van der Waals surface area (Å²) in [7, 11) is 3.16. The van der Waals surface area contributed by atoms with Gasteiger partial charge in [0.05, 0.1) is 24.4 Å². The second-order valence-corrected chi connectivity index (χ2v) is 5.83. The van der Waals surface area contributed by atoms with Crippen LogP contribution in [0.5, 0.6) is 5.75 Å². The highest BCUT2D eigenvalue weighted by atomic mass is 16.5. The summed E-state index contributed by atoms with van der Waals surface area (Å²) in [5, 5.41) is 11.9. The van der Waals surface area contributed by atoms with Crippen molar-refractivity contribution in [2.45, 2.75) is 26.0 Å². The van der Waals surface area contributed by atoms with Crippen LogP contribution in [0, 0.1) is 6.92 Å². The number of benzene rings is 1. The molecular weight excluding hydrogens is 336 g/mol. The van der Waals surface area contributed by atoms with Crippen molar-refractivity contribution in [3.8, 4) is 5.75 Å². The summed E-state index contributed by atoms with van der Waals surface area (Å²) in [4.78, 5) is 27.6. The van der Waals surface area contributed by atoms with Crippen LogP contribution in [0.25, 0.3) is 0 Å². The fourth-order valence-corrected chi connectivity index (χ4v) is 2.69. The number of carboxylic acid groups (broad SMARTS) is 1. The Morgan fingerprint density at radius 2 is 1.77 bits per heavy atom. The van der Waals surface area contributed by atoms with Gasteiger partial charge in [-0.05, 0) is 43.7 Å². The number of carbonyl (C=O) groups excluding carboxylic acids is 1. The lowest BCUT2D eigenvalue weighted by atomic mass is 10.0. The van der Waals surface area contributed by atoms with E-state index in [0.717, 1.165) is 11.3 Å². The molecule has 0 fully saturated rings. The maximum absolute atomic E-state index is 12.4. The van der Waals surface area contributed by atoms with Gasteiger partial charge in [-0.2, -0.15) is 0 Å². The lowest BCUT2D eigenvalue weighted by molar-refractivity contribution is 0.0641. The quantitative estimate of drug-likeness (QED) is 0.789. The van der Waals surface area contributed by atoms with Crippen LogP contribution in [0.1, 0.15) is 45.1 Å². The molecular formula is C19H22N2O5. The van der Waals surface area contributed by atoms with Crippen molar-refractivity contribution in [3.05, 3.63) is 58.9 Å². The highest BCUT2D eigenvalue weighted by Gasteiger charge is 2.22. The summed E-state index contributed by atoms with van der Waals surface area (Å²) in [5.41, 5.74) is 1.41. The number of methoxy groups -OCH3 is 2. The molecule has 0 aliphatic carbocycles. The Labute approximate surface area is 152 Å². The number of hydrogen-bond acceptors (Lipinski definition) is 5. The number of ether oxygens (including phenoxy) is 2. The first-order chi connectivity index (χ1) is 12.4. The van der Waals surface area contributed by atoms with Gasteiger partial charge in [0.2, 0.25) is 0 Å². The SMILES string of the molecule is COc1ccc(C(OC)C(C)NC(=O)c2ccc(C(=O)O)c(C)n2)cc1. The van der Waals surface area contributed by atoms with Crippen LogP contribution in [0.3, 0.4) is 0 Å². The van der Waals surface area contributed by atoms with Gasteiger partial charge >= 0.3 is 5.97 Å². The molecule has 2 aromatic rings. The fraction of sp³-hybridized carbons (Fsp3) is 0.316. The van der Waals surface area contributed by atoms with Crippen molar-refractivity contribution >= 4 is 11.9 Å². The maximum Gasteiger partial charge on any atom is 0.337 e.